The van der Waals surface area contributed by atoms with Crippen LogP contribution in [-0.2, 0) is 0 Å². The summed E-state index contributed by atoms with van der Waals surface area (Å²) in [5.41, 5.74) is 7.28. The Balaban J connectivity index is 2.18. The molecule has 0 atom stereocenters. The molecular formula is C16H14FN3O. The van der Waals surface area contributed by atoms with Gasteiger partial charge in [-0.3, -0.25) is 9.78 Å². The van der Waals surface area contributed by atoms with Gasteiger partial charge in [-0.2, -0.15) is 0 Å². The molecule has 0 saturated heterocycles. The lowest BCUT2D eigenvalue weighted by atomic mass is 10.1. The molecule has 0 aliphatic rings. The van der Waals surface area contributed by atoms with Gasteiger partial charge in [0, 0.05) is 23.6 Å². The van der Waals surface area contributed by atoms with Crippen molar-refractivity contribution in [3.63, 3.8) is 0 Å². The maximum absolute atomic E-state index is 13.2. The lowest BCUT2D eigenvalue weighted by Gasteiger charge is -2.06. The van der Waals surface area contributed by atoms with Crippen LogP contribution in [0.2, 0.25) is 0 Å². The van der Waals surface area contributed by atoms with Gasteiger partial charge in [-0.15, -0.1) is 0 Å². The number of carbonyl (C=O) groups is 1. The maximum Gasteiger partial charge on any atom is 0.257 e. The van der Waals surface area contributed by atoms with Gasteiger partial charge in [0.15, 0.2) is 0 Å². The molecule has 0 aliphatic heterocycles. The number of nitrogens with two attached hydrogens (primary N) is 1. The SMILES string of the molecule is Cc1cc(NC(=O)c2cncc(C#CCN)c2)ccc1F. The first-order valence-corrected chi connectivity index (χ1v) is 6.31. The van der Waals surface area contributed by atoms with Crippen LogP contribution in [0.25, 0.3) is 0 Å². The second kappa shape index (κ2) is 6.64. The molecule has 0 aliphatic carbocycles. The van der Waals surface area contributed by atoms with Gasteiger partial charge in [-0.25, -0.2) is 4.39 Å². The second-order valence-electron chi connectivity index (χ2n) is 4.39. The molecule has 0 saturated carbocycles. The number of halogens is 1. The van der Waals surface area contributed by atoms with E-state index in [1.807, 2.05) is 0 Å². The first-order valence-electron chi connectivity index (χ1n) is 6.31. The lowest BCUT2D eigenvalue weighted by Crippen LogP contribution is -2.12. The molecule has 2 aromatic rings. The van der Waals surface area contributed by atoms with Crippen LogP contribution in [0.5, 0.6) is 0 Å². The van der Waals surface area contributed by atoms with Gasteiger partial charge < -0.3 is 11.1 Å². The van der Waals surface area contributed by atoms with Crippen molar-refractivity contribution in [2.24, 2.45) is 5.73 Å². The fourth-order valence-corrected chi connectivity index (χ4v) is 1.71. The highest BCUT2D eigenvalue weighted by molar-refractivity contribution is 6.04. The number of nitrogens with one attached hydrogen (secondary N) is 1. The number of rotatable bonds is 2. The van der Waals surface area contributed by atoms with Crippen molar-refractivity contribution in [2.45, 2.75) is 6.92 Å². The Kier molecular flexibility index (Phi) is 4.64. The summed E-state index contributed by atoms with van der Waals surface area (Å²) in [6, 6.07) is 6.01. The summed E-state index contributed by atoms with van der Waals surface area (Å²) < 4.78 is 13.2. The summed E-state index contributed by atoms with van der Waals surface area (Å²) in [6.07, 6.45) is 3.00. The van der Waals surface area contributed by atoms with E-state index in [1.165, 1.54) is 18.3 Å². The fraction of sp³-hybridized carbons (Fsp3) is 0.125. The van der Waals surface area contributed by atoms with Gasteiger partial charge in [-0.1, -0.05) is 11.8 Å². The molecule has 0 unspecified atom stereocenters. The standard InChI is InChI=1S/C16H14FN3O/c1-11-7-14(4-5-15(11)17)20-16(21)13-8-12(3-2-6-18)9-19-10-13/h4-5,7-10H,6,18H2,1H3,(H,20,21). The molecule has 2 rings (SSSR count). The third-order valence-corrected chi connectivity index (χ3v) is 2.75. The molecule has 21 heavy (non-hydrogen) atoms. The van der Waals surface area contributed by atoms with Crippen molar-refractivity contribution in [1.82, 2.24) is 4.98 Å². The smallest absolute Gasteiger partial charge is 0.257 e. The normalized spacial score (nSPS) is 9.67. The first-order chi connectivity index (χ1) is 10.1. The molecule has 5 heteroatoms. The second-order valence-corrected chi connectivity index (χ2v) is 4.39. The van der Waals surface area contributed by atoms with Crippen LogP contribution in [0.15, 0.2) is 36.7 Å². The van der Waals surface area contributed by atoms with E-state index in [0.29, 0.717) is 22.4 Å². The highest BCUT2D eigenvalue weighted by Crippen LogP contribution is 2.14. The molecule has 4 nitrogen and oxygen atoms in total. The Morgan fingerprint density at radius 1 is 1.38 bits per heavy atom. The Hall–Kier alpha value is -2.71. The summed E-state index contributed by atoms with van der Waals surface area (Å²) in [5, 5.41) is 2.69. The van der Waals surface area contributed by atoms with Gasteiger partial charge in [0.25, 0.3) is 5.91 Å². The van der Waals surface area contributed by atoms with E-state index >= 15 is 0 Å². The zero-order valence-corrected chi connectivity index (χ0v) is 11.5. The van der Waals surface area contributed by atoms with Crippen molar-refractivity contribution < 1.29 is 9.18 Å². The Bertz CT molecular complexity index is 732. The third kappa shape index (κ3) is 3.88. The number of carbonyl (C=O) groups excluding carboxylic acids is 1. The summed E-state index contributed by atoms with van der Waals surface area (Å²) in [6.45, 7) is 1.88. The molecule has 0 fully saturated rings. The number of pyridine rings is 1. The zero-order chi connectivity index (χ0) is 15.2. The Morgan fingerprint density at radius 2 is 2.19 bits per heavy atom. The molecule has 1 heterocycles. The van der Waals surface area contributed by atoms with E-state index in [2.05, 4.69) is 22.1 Å². The molecule has 1 aromatic heterocycles. The van der Waals surface area contributed by atoms with Crippen LogP contribution in [-0.4, -0.2) is 17.4 Å². The van der Waals surface area contributed by atoms with Crippen molar-refractivity contribution >= 4 is 11.6 Å². The molecule has 0 bridgehead atoms. The van der Waals surface area contributed by atoms with Gasteiger partial charge in [0.2, 0.25) is 0 Å². The van der Waals surface area contributed by atoms with Gasteiger partial charge in [0.05, 0.1) is 12.1 Å². The highest BCUT2D eigenvalue weighted by Gasteiger charge is 2.08. The molecule has 0 spiro atoms. The number of hydrogen-bond acceptors (Lipinski definition) is 3. The average molecular weight is 283 g/mol. The number of anilines is 1. The van der Waals surface area contributed by atoms with E-state index in [4.69, 9.17) is 5.73 Å². The minimum atomic E-state index is -0.329. The Labute approximate surface area is 122 Å². The van der Waals surface area contributed by atoms with Crippen LogP contribution >= 0.6 is 0 Å². The zero-order valence-electron chi connectivity index (χ0n) is 11.5. The summed E-state index contributed by atoms with van der Waals surface area (Å²) >= 11 is 0. The number of nitrogens with zero attached hydrogens (tertiary/aromatic N) is 1. The van der Waals surface area contributed by atoms with Crippen molar-refractivity contribution in [2.75, 3.05) is 11.9 Å². The van der Waals surface area contributed by atoms with E-state index in [0.717, 1.165) is 0 Å². The number of hydrogen-bond donors (Lipinski definition) is 2. The van der Waals surface area contributed by atoms with Crippen LogP contribution in [0.1, 0.15) is 21.5 Å². The molecular weight excluding hydrogens is 269 g/mol. The van der Waals surface area contributed by atoms with Gasteiger partial charge >= 0.3 is 0 Å². The topological polar surface area (TPSA) is 68.0 Å². The molecule has 1 aromatic carbocycles. The fourth-order valence-electron chi connectivity index (χ4n) is 1.71. The molecule has 0 radical (unpaired) electrons. The van der Waals surface area contributed by atoms with Crippen molar-refractivity contribution in [1.29, 1.82) is 0 Å². The predicted molar refractivity (Wildman–Crippen MR) is 79.3 cm³/mol. The average Bonchev–Trinajstić information content (AvgIpc) is 2.49. The van der Waals surface area contributed by atoms with Crippen molar-refractivity contribution in [3.8, 4) is 11.8 Å². The monoisotopic (exact) mass is 283 g/mol. The highest BCUT2D eigenvalue weighted by atomic mass is 19.1. The molecule has 3 N–H and O–H groups in total. The largest absolute Gasteiger partial charge is 0.322 e. The summed E-state index contributed by atoms with van der Waals surface area (Å²) in [4.78, 5) is 16.1. The quantitative estimate of drug-likeness (QED) is 0.829. The van der Waals surface area contributed by atoms with E-state index in [1.54, 1.807) is 25.3 Å². The number of aromatic nitrogens is 1. The third-order valence-electron chi connectivity index (χ3n) is 2.75. The predicted octanol–water partition coefficient (Wildman–Crippen LogP) is 2.09. The molecule has 1 amide bonds. The van der Waals surface area contributed by atoms with Gasteiger partial charge in [0.1, 0.15) is 5.82 Å². The number of amides is 1. The Morgan fingerprint density at radius 3 is 2.90 bits per heavy atom. The summed E-state index contributed by atoms with van der Waals surface area (Å²) in [7, 11) is 0. The van der Waals surface area contributed by atoms with Crippen molar-refractivity contribution in [3.05, 3.63) is 59.2 Å². The summed E-state index contributed by atoms with van der Waals surface area (Å²) in [5.74, 6) is 4.87. The van der Waals surface area contributed by atoms with Crippen LogP contribution in [0.3, 0.4) is 0 Å². The molecule has 106 valence electrons. The maximum atomic E-state index is 13.2. The van der Waals surface area contributed by atoms with E-state index in [-0.39, 0.29) is 18.3 Å². The van der Waals surface area contributed by atoms with E-state index < -0.39 is 0 Å². The van der Waals surface area contributed by atoms with Crippen LogP contribution in [0.4, 0.5) is 10.1 Å². The lowest BCUT2D eigenvalue weighted by molar-refractivity contribution is 0.102. The minimum Gasteiger partial charge on any atom is -0.322 e. The number of aryl methyl sites for hydroxylation is 1. The number of benzene rings is 1. The first kappa shape index (κ1) is 14.7. The van der Waals surface area contributed by atoms with Crippen LogP contribution in [0, 0.1) is 24.6 Å². The minimum absolute atomic E-state index is 0.241. The van der Waals surface area contributed by atoms with Crippen LogP contribution < -0.4 is 11.1 Å². The van der Waals surface area contributed by atoms with E-state index in [9.17, 15) is 9.18 Å². The van der Waals surface area contributed by atoms with Gasteiger partial charge in [-0.05, 0) is 36.8 Å².